The van der Waals surface area contributed by atoms with Gasteiger partial charge in [-0.25, -0.2) is 33.7 Å². The van der Waals surface area contributed by atoms with E-state index in [0.717, 1.165) is 12.1 Å². The van der Waals surface area contributed by atoms with Crippen molar-refractivity contribution in [1.82, 2.24) is 0 Å². The quantitative estimate of drug-likeness (QED) is 0.0342. The molecule has 2 aliphatic heterocycles. The van der Waals surface area contributed by atoms with Crippen molar-refractivity contribution in [1.29, 1.82) is 0 Å². The summed E-state index contributed by atoms with van der Waals surface area (Å²) in [5, 5.41) is 9.21. The molecule has 0 aliphatic carbocycles. The summed E-state index contributed by atoms with van der Waals surface area (Å²) in [6, 6.07) is 9.16. The van der Waals surface area contributed by atoms with Crippen molar-refractivity contribution in [2.45, 2.75) is 89.7 Å². The molecule has 0 aromatic heterocycles. The van der Waals surface area contributed by atoms with E-state index in [2.05, 4.69) is 0 Å². The Morgan fingerprint density at radius 1 is 0.495 bits per heavy atom. The molecule has 95 heavy (non-hydrogen) atoms. The highest BCUT2D eigenvalue weighted by Crippen LogP contribution is 2.54. The molecular weight excluding hydrogens is 1330 g/mol. The zero-order chi connectivity index (χ0) is 69.3. The van der Waals surface area contributed by atoms with E-state index in [1.807, 2.05) is 30.2 Å². The molecule has 2 unspecified atom stereocenters. The lowest BCUT2D eigenvalue weighted by molar-refractivity contribution is -0.438. The third-order valence-electron chi connectivity index (χ3n) is 16.0. The number of likely N-dealkylation sites (N-methyl/N-ethyl adjacent to an activating group) is 1. The fourth-order valence-corrected chi connectivity index (χ4v) is 14.2. The molecule has 0 saturated carbocycles. The summed E-state index contributed by atoms with van der Waals surface area (Å²) >= 11 is 0. The van der Waals surface area contributed by atoms with Gasteiger partial charge in [0.25, 0.3) is 0 Å². The largest absolute Gasteiger partial charge is 0.744 e. The zero-order valence-electron chi connectivity index (χ0n) is 54.2. The number of hydrogen-bond acceptors (Lipinski definition) is 26. The van der Waals surface area contributed by atoms with Crippen LogP contribution in [0.1, 0.15) is 70.4 Å². The first-order valence-corrected chi connectivity index (χ1v) is 36.7. The molecule has 4 aromatic carbocycles. The van der Waals surface area contributed by atoms with E-state index in [4.69, 9.17) is 56.8 Å². The van der Waals surface area contributed by atoms with Gasteiger partial charge in [-0.2, -0.15) is 4.58 Å². The molecule has 28 nitrogen and oxygen atoms in total. The van der Waals surface area contributed by atoms with Crippen LogP contribution >= 0.6 is 0 Å². The molecule has 2 heterocycles. The van der Waals surface area contributed by atoms with Crippen molar-refractivity contribution in [2.75, 3.05) is 178 Å². The number of carboxylic acids is 1. The van der Waals surface area contributed by atoms with E-state index >= 15 is 0 Å². The Hall–Kier alpha value is -5.02. The van der Waals surface area contributed by atoms with Crippen LogP contribution in [0.25, 0.3) is 21.5 Å². The normalized spacial score (nSPS) is 17.4. The summed E-state index contributed by atoms with van der Waals surface area (Å²) < 4.78 is 223. The maximum Gasteiger partial charge on any atom is 0.303 e. The molecule has 6 rings (SSSR count). The molecule has 0 radical (unpaired) electrons. The second-order valence-electron chi connectivity index (χ2n) is 22.4. The summed E-state index contributed by atoms with van der Waals surface area (Å²) in [6.45, 7) is 12.6. The maximum absolute atomic E-state index is 13.0. The van der Waals surface area contributed by atoms with Crippen LogP contribution in [-0.4, -0.2) is 246 Å². The molecule has 4 aromatic rings. The highest BCUT2D eigenvalue weighted by molar-refractivity contribution is 7.87. The molecule has 2 aliphatic rings. The second-order valence-corrected chi connectivity index (χ2v) is 27.9. The average molecular weight is 1420 g/mol. The number of aliphatic carboxylic acids is 1. The third kappa shape index (κ3) is 22.5. The van der Waals surface area contributed by atoms with Crippen molar-refractivity contribution in [2.24, 2.45) is 0 Å². The summed E-state index contributed by atoms with van der Waals surface area (Å²) in [7, 11) is -18.4. The summed E-state index contributed by atoms with van der Waals surface area (Å²) in [4.78, 5) is 9.77. The summed E-state index contributed by atoms with van der Waals surface area (Å²) in [5.74, 6) is -0.988. The van der Waals surface area contributed by atoms with Gasteiger partial charge in [-0.05, 0) is 111 Å². The zero-order valence-corrected chi connectivity index (χ0v) is 57.5. The van der Waals surface area contributed by atoms with Gasteiger partial charge in [0.2, 0.25) is 5.69 Å². The number of rotatable bonds is 49. The van der Waals surface area contributed by atoms with Crippen LogP contribution in [0.5, 0.6) is 0 Å². The van der Waals surface area contributed by atoms with Crippen molar-refractivity contribution in [3.05, 3.63) is 83.6 Å². The lowest BCUT2D eigenvalue weighted by Crippen LogP contribution is -2.33. The van der Waals surface area contributed by atoms with Gasteiger partial charge < -0.3 is 85.1 Å². The van der Waals surface area contributed by atoms with Crippen LogP contribution in [-0.2, 0) is 113 Å². The molecule has 0 saturated heterocycles. The maximum atomic E-state index is 13.0. The van der Waals surface area contributed by atoms with Gasteiger partial charge in [-0.1, -0.05) is 12.1 Å². The van der Waals surface area contributed by atoms with E-state index in [9.17, 15) is 61.8 Å². The lowest BCUT2D eigenvalue weighted by Gasteiger charge is -2.30. The van der Waals surface area contributed by atoms with Crippen LogP contribution in [0.2, 0.25) is 0 Å². The highest BCUT2D eigenvalue weighted by atomic mass is 32.2. The Labute approximate surface area is 556 Å². The molecule has 0 bridgehead atoms. The topological polar surface area (TPSA) is 383 Å². The van der Waals surface area contributed by atoms with Crippen molar-refractivity contribution >= 4 is 85.1 Å². The van der Waals surface area contributed by atoms with Crippen LogP contribution < -0.4 is 4.90 Å². The van der Waals surface area contributed by atoms with Crippen molar-refractivity contribution < 1.29 is 123 Å². The van der Waals surface area contributed by atoms with Crippen molar-refractivity contribution in [3.63, 3.8) is 0 Å². The van der Waals surface area contributed by atoms with Gasteiger partial charge in [0.15, 0.2) is 5.71 Å². The van der Waals surface area contributed by atoms with Gasteiger partial charge >= 0.3 is 5.97 Å². The molecule has 0 fully saturated rings. The minimum Gasteiger partial charge on any atom is -0.744 e. The van der Waals surface area contributed by atoms with Crippen LogP contribution in [0.15, 0.2) is 92.0 Å². The smallest absolute Gasteiger partial charge is 0.303 e. The van der Waals surface area contributed by atoms with Crippen LogP contribution in [0.3, 0.4) is 0 Å². The lowest BCUT2D eigenvalue weighted by atomic mass is 9.74. The molecule has 1 N–H and O–H groups in total. The van der Waals surface area contributed by atoms with Crippen molar-refractivity contribution in [3.8, 4) is 0 Å². The number of benzene rings is 4. The second kappa shape index (κ2) is 37.8. The third-order valence-corrected chi connectivity index (χ3v) is 19.4. The van der Waals surface area contributed by atoms with E-state index in [0.29, 0.717) is 145 Å². The Bertz CT molecular complexity index is 3750. The number of methoxy groups -OCH3 is 2. The highest BCUT2D eigenvalue weighted by Gasteiger charge is 2.49. The molecule has 532 valence electrons. The van der Waals surface area contributed by atoms with E-state index in [-0.39, 0.29) is 120 Å². The first-order valence-electron chi connectivity index (χ1n) is 31.1. The van der Waals surface area contributed by atoms with Crippen LogP contribution in [0.4, 0.5) is 11.4 Å². The predicted molar refractivity (Wildman–Crippen MR) is 342 cm³/mol. The summed E-state index contributed by atoms with van der Waals surface area (Å²) in [5.41, 5.74) is 0.296. The number of nitrogens with zero attached hydrogens (tertiary/aromatic N) is 2. The standard InChI is InChI=1S/C63H90N2O26S4/c1-6-64-53-16-14-49-51(43-47(92(68,69)70)45-55(49)94(74,75)76)60(53)62(2,18-21-82-27-29-86-35-37-90-41-39-88-33-31-84-25-23-80-4)57(64)11-10-12-58-63(3,19-22-83-28-30-87-36-38-91-42-40-89-34-32-85-26-24-81-5)61-52-44-48(93(71,72)73)46-56(95(77,78)79)50(52)15-17-54(61)65(58)20-9-7-8-13-59(66)67/h10-12,14-17,43-46H,6-9,13,18-42H2,1-5H3,(H4-,66,67,68,69,70,71,72,73,74,75,76,77,78,79)/p-3. The average Bonchev–Trinajstić information content (AvgIpc) is 1.60. The SMILES string of the molecule is CCN1/C(=C/C=C/C2=[N+](CCCCCC(=O)O)c3ccc4c(S(=O)(=O)[O-])cc(S(=O)(=O)[O-])cc4c3C2(C)CCOCCOCCOCCOCCOCCOC)C(C)(CCOCCOCCOCCOCCOCCOC)c2c1ccc1c(S(=O)(=O)[O-])cc(S(=O)(=O)[O-])cc21. The molecule has 0 amide bonds. The number of carbonyl (C=O) groups is 1. The number of allylic oxidation sites excluding steroid dienone is 4. The monoisotopic (exact) mass is 1420 g/mol. The Balaban J connectivity index is 1.36. The number of ether oxygens (including phenoxy) is 12. The fourth-order valence-electron chi connectivity index (χ4n) is 11.5. The van der Waals surface area contributed by atoms with Gasteiger partial charge in [0.05, 0.1) is 157 Å². The molecule has 32 heteroatoms. The van der Waals surface area contributed by atoms with Gasteiger partial charge in [0, 0.05) is 86.7 Å². The minimum atomic E-state index is -5.42. The number of hydrogen-bond donors (Lipinski definition) is 1. The molecular formula is C63H87N2O26S4-3. The van der Waals surface area contributed by atoms with E-state index < -0.39 is 76.9 Å². The molecule has 2 atom stereocenters. The number of carboxylic acid groups (broad SMARTS) is 1. The van der Waals surface area contributed by atoms with Gasteiger partial charge in [-0.15, -0.1) is 0 Å². The van der Waals surface area contributed by atoms with E-state index in [1.54, 1.807) is 44.6 Å². The first-order chi connectivity index (χ1) is 45.2. The van der Waals surface area contributed by atoms with Gasteiger partial charge in [-0.3, -0.25) is 4.79 Å². The Kier molecular flexibility index (Phi) is 31.4. The van der Waals surface area contributed by atoms with E-state index in [1.165, 1.54) is 12.1 Å². The molecule has 0 spiro atoms. The Morgan fingerprint density at radius 3 is 1.27 bits per heavy atom. The fraction of sp³-hybridized carbons (Fsp3) is 0.587. The first kappa shape index (κ1) is 79.0. The number of fused-ring (bicyclic) bond motifs is 6. The number of anilines is 1. The van der Waals surface area contributed by atoms with Gasteiger partial charge in [0.1, 0.15) is 47.0 Å². The summed E-state index contributed by atoms with van der Waals surface area (Å²) in [6.07, 6.45) is 6.63. The Morgan fingerprint density at radius 2 is 0.884 bits per heavy atom. The minimum absolute atomic E-state index is 0.00981. The predicted octanol–water partition coefficient (Wildman–Crippen LogP) is 5.09. The number of unbranched alkanes of at least 4 members (excludes halogenated alkanes) is 2. The van der Waals surface area contributed by atoms with Crippen LogP contribution in [0, 0.1) is 0 Å².